The van der Waals surface area contributed by atoms with Gasteiger partial charge in [-0.05, 0) is 37.9 Å². The molecule has 1 aliphatic heterocycles. The molecule has 1 aromatic heterocycles. The number of carbonyl (C=O) groups excluding carboxylic acids is 1. The Labute approximate surface area is 125 Å². The predicted octanol–water partition coefficient (Wildman–Crippen LogP) is 2.77. The molecule has 21 heavy (non-hydrogen) atoms. The molecule has 2 N–H and O–H groups in total. The Morgan fingerprint density at radius 2 is 2.10 bits per heavy atom. The van der Waals surface area contributed by atoms with Crippen LogP contribution in [0.5, 0.6) is 0 Å². The van der Waals surface area contributed by atoms with Gasteiger partial charge in [0.25, 0.3) is 5.91 Å². The highest BCUT2D eigenvalue weighted by atomic mass is 16.1. The van der Waals surface area contributed by atoms with Crippen LogP contribution in [0.1, 0.15) is 36.7 Å². The lowest BCUT2D eigenvalue weighted by Crippen LogP contribution is -2.44. The van der Waals surface area contributed by atoms with Crippen LogP contribution < -0.4 is 5.32 Å². The third kappa shape index (κ3) is 3.27. The highest BCUT2D eigenvalue weighted by molar-refractivity contribution is 5.98. The number of aromatic nitrogens is 1. The lowest BCUT2D eigenvalue weighted by molar-refractivity contribution is 0.0907. The molecule has 1 fully saturated rings. The van der Waals surface area contributed by atoms with Crippen molar-refractivity contribution < 1.29 is 4.79 Å². The molecular weight excluding hydrogens is 262 g/mol. The van der Waals surface area contributed by atoms with Gasteiger partial charge in [0.2, 0.25) is 0 Å². The maximum atomic E-state index is 12.3. The second kappa shape index (κ2) is 6.31. The summed E-state index contributed by atoms with van der Waals surface area (Å²) >= 11 is 0. The first-order valence-electron chi connectivity index (χ1n) is 7.87. The Morgan fingerprint density at radius 1 is 1.33 bits per heavy atom. The topological polar surface area (TPSA) is 48.1 Å². The maximum Gasteiger partial charge on any atom is 0.267 e. The van der Waals surface area contributed by atoms with Gasteiger partial charge in [0.05, 0.1) is 0 Å². The van der Waals surface area contributed by atoms with Gasteiger partial charge in [-0.25, -0.2) is 0 Å². The highest BCUT2D eigenvalue weighted by Crippen LogP contribution is 2.16. The van der Waals surface area contributed by atoms with E-state index in [4.69, 9.17) is 0 Å². The van der Waals surface area contributed by atoms with Crippen molar-refractivity contribution in [1.82, 2.24) is 15.2 Å². The summed E-state index contributed by atoms with van der Waals surface area (Å²) in [6, 6.07) is 10.2. The molecule has 0 spiro atoms. The summed E-state index contributed by atoms with van der Waals surface area (Å²) in [6.07, 6.45) is 3.30. The van der Waals surface area contributed by atoms with Crippen molar-refractivity contribution in [2.24, 2.45) is 0 Å². The van der Waals surface area contributed by atoms with E-state index >= 15 is 0 Å². The zero-order chi connectivity index (χ0) is 14.7. The first-order chi connectivity index (χ1) is 10.3. The minimum Gasteiger partial charge on any atom is -0.351 e. The number of likely N-dealkylation sites (tertiary alicyclic amines) is 1. The van der Waals surface area contributed by atoms with Gasteiger partial charge in [-0.15, -0.1) is 0 Å². The monoisotopic (exact) mass is 285 g/mol. The van der Waals surface area contributed by atoms with Gasteiger partial charge in [0.1, 0.15) is 5.69 Å². The van der Waals surface area contributed by atoms with E-state index in [0.29, 0.717) is 11.7 Å². The van der Waals surface area contributed by atoms with Gasteiger partial charge < -0.3 is 15.2 Å². The van der Waals surface area contributed by atoms with E-state index in [9.17, 15) is 4.79 Å². The van der Waals surface area contributed by atoms with Gasteiger partial charge in [0, 0.05) is 30.0 Å². The number of nitrogens with one attached hydrogen (secondary N) is 2. The van der Waals surface area contributed by atoms with E-state index in [2.05, 4.69) is 22.1 Å². The zero-order valence-electron chi connectivity index (χ0n) is 12.6. The molecule has 1 aliphatic rings. The minimum atomic E-state index is 0.0140. The normalized spacial score (nSPS) is 17.2. The standard InChI is InChI=1S/C17H23N3O/c1-2-9-20-10-7-14(8-11-20)18-17(21)16-12-13-5-3-4-6-15(13)19-16/h3-6,12,14,19H,2,7-11H2,1H3,(H,18,21). The van der Waals surface area contributed by atoms with Gasteiger partial charge in [0.15, 0.2) is 0 Å². The van der Waals surface area contributed by atoms with Crippen LogP contribution in [0.2, 0.25) is 0 Å². The third-order valence-electron chi connectivity index (χ3n) is 4.24. The largest absolute Gasteiger partial charge is 0.351 e. The number of rotatable bonds is 4. The van der Waals surface area contributed by atoms with Crippen molar-refractivity contribution in [3.63, 3.8) is 0 Å². The number of amides is 1. The smallest absolute Gasteiger partial charge is 0.267 e. The molecule has 1 amide bonds. The molecule has 0 saturated carbocycles. The van der Waals surface area contributed by atoms with E-state index in [-0.39, 0.29) is 5.91 Å². The number of hydrogen-bond acceptors (Lipinski definition) is 2. The second-order valence-electron chi connectivity index (χ2n) is 5.86. The lowest BCUT2D eigenvalue weighted by atomic mass is 10.0. The Hall–Kier alpha value is -1.81. The van der Waals surface area contributed by atoms with Gasteiger partial charge in [-0.3, -0.25) is 4.79 Å². The summed E-state index contributed by atoms with van der Waals surface area (Å²) in [6.45, 7) is 5.56. The average molecular weight is 285 g/mol. The fourth-order valence-electron chi connectivity index (χ4n) is 3.08. The van der Waals surface area contributed by atoms with Crippen LogP contribution >= 0.6 is 0 Å². The van der Waals surface area contributed by atoms with Crippen molar-refractivity contribution in [3.8, 4) is 0 Å². The number of H-pyrrole nitrogens is 1. The van der Waals surface area contributed by atoms with E-state index in [0.717, 1.165) is 36.8 Å². The molecule has 4 nitrogen and oxygen atoms in total. The molecule has 3 rings (SSSR count). The van der Waals surface area contributed by atoms with Gasteiger partial charge in [-0.1, -0.05) is 25.1 Å². The van der Waals surface area contributed by atoms with E-state index < -0.39 is 0 Å². The first kappa shape index (κ1) is 14.1. The Bertz CT molecular complexity index is 578. The number of para-hydroxylation sites is 1. The number of benzene rings is 1. The van der Waals surface area contributed by atoms with Crippen LogP contribution in [0.25, 0.3) is 10.9 Å². The van der Waals surface area contributed by atoms with Crippen LogP contribution in [0.4, 0.5) is 0 Å². The second-order valence-corrected chi connectivity index (χ2v) is 5.86. The molecule has 4 heteroatoms. The summed E-state index contributed by atoms with van der Waals surface area (Å²) in [5.74, 6) is 0.0140. The van der Waals surface area contributed by atoms with Crippen LogP contribution in [-0.4, -0.2) is 41.5 Å². The molecule has 0 bridgehead atoms. The molecular formula is C17H23N3O. The minimum absolute atomic E-state index is 0.0140. The molecule has 112 valence electrons. The molecule has 0 atom stereocenters. The Balaban J connectivity index is 1.59. The highest BCUT2D eigenvalue weighted by Gasteiger charge is 2.21. The lowest BCUT2D eigenvalue weighted by Gasteiger charge is -2.31. The predicted molar refractivity (Wildman–Crippen MR) is 85.5 cm³/mol. The van der Waals surface area contributed by atoms with Crippen LogP contribution in [0.3, 0.4) is 0 Å². The number of nitrogens with zero attached hydrogens (tertiary/aromatic N) is 1. The Kier molecular flexibility index (Phi) is 4.25. The summed E-state index contributed by atoms with van der Waals surface area (Å²) < 4.78 is 0. The van der Waals surface area contributed by atoms with Crippen molar-refractivity contribution in [1.29, 1.82) is 0 Å². The van der Waals surface area contributed by atoms with Crippen molar-refractivity contribution in [2.45, 2.75) is 32.2 Å². The SMILES string of the molecule is CCCN1CCC(NC(=O)c2cc3ccccc3[nH]2)CC1. The zero-order valence-corrected chi connectivity index (χ0v) is 12.6. The van der Waals surface area contributed by atoms with Crippen LogP contribution in [-0.2, 0) is 0 Å². The summed E-state index contributed by atoms with van der Waals surface area (Å²) in [5.41, 5.74) is 1.67. The molecule has 0 radical (unpaired) electrons. The van der Waals surface area contributed by atoms with E-state index in [1.54, 1.807) is 0 Å². The summed E-state index contributed by atoms with van der Waals surface area (Å²) in [7, 11) is 0. The molecule has 0 unspecified atom stereocenters. The number of carbonyl (C=O) groups is 1. The fourth-order valence-corrected chi connectivity index (χ4v) is 3.08. The maximum absolute atomic E-state index is 12.3. The molecule has 1 aromatic carbocycles. The van der Waals surface area contributed by atoms with Gasteiger partial charge in [-0.2, -0.15) is 0 Å². The molecule has 2 heterocycles. The summed E-state index contributed by atoms with van der Waals surface area (Å²) in [4.78, 5) is 18.0. The third-order valence-corrected chi connectivity index (χ3v) is 4.24. The molecule has 2 aromatic rings. The molecule has 0 aliphatic carbocycles. The number of aromatic amines is 1. The molecule has 1 saturated heterocycles. The van der Waals surface area contributed by atoms with E-state index in [1.165, 1.54) is 13.0 Å². The van der Waals surface area contributed by atoms with Gasteiger partial charge >= 0.3 is 0 Å². The Morgan fingerprint density at radius 3 is 2.81 bits per heavy atom. The number of fused-ring (bicyclic) bond motifs is 1. The number of hydrogen-bond donors (Lipinski definition) is 2. The van der Waals surface area contributed by atoms with Crippen LogP contribution in [0, 0.1) is 0 Å². The van der Waals surface area contributed by atoms with Crippen LogP contribution in [0.15, 0.2) is 30.3 Å². The van der Waals surface area contributed by atoms with E-state index in [1.807, 2.05) is 30.3 Å². The quantitative estimate of drug-likeness (QED) is 0.907. The average Bonchev–Trinajstić information content (AvgIpc) is 2.94. The van der Waals surface area contributed by atoms with Crippen molar-refractivity contribution in [3.05, 3.63) is 36.0 Å². The fraction of sp³-hybridized carbons (Fsp3) is 0.471. The van der Waals surface area contributed by atoms with Crippen molar-refractivity contribution >= 4 is 16.8 Å². The first-order valence-corrected chi connectivity index (χ1v) is 7.87. The van der Waals surface area contributed by atoms with Crippen molar-refractivity contribution in [2.75, 3.05) is 19.6 Å². The number of piperidine rings is 1. The summed E-state index contributed by atoms with van der Waals surface area (Å²) in [5, 5.41) is 4.25.